The first-order valence-corrected chi connectivity index (χ1v) is 12.1. The minimum Gasteiger partial charge on any atom is -0.258 e. The molecule has 0 aromatic heterocycles. The molecule has 0 saturated carbocycles. The molecule has 4 rings (SSSR count). The van der Waals surface area contributed by atoms with E-state index in [0.717, 1.165) is 0 Å². The molecule has 35 heavy (non-hydrogen) atoms. The van der Waals surface area contributed by atoms with Crippen LogP contribution in [-0.4, -0.2) is 9.85 Å². The number of benzene rings is 4. The van der Waals surface area contributed by atoms with Gasteiger partial charge >= 0.3 is 0 Å². The van der Waals surface area contributed by atoms with Crippen LogP contribution in [0.4, 0.5) is 11.4 Å². The highest BCUT2D eigenvalue weighted by molar-refractivity contribution is 7.99. The maximum atomic E-state index is 11.0. The minimum atomic E-state index is -0.518. The zero-order valence-corrected chi connectivity index (χ0v) is 21.2. The fraction of sp³-hybridized carbons (Fsp3) is 0. The molecule has 0 aliphatic heterocycles. The van der Waals surface area contributed by atoms with Crippen molar-refractivity contribution in [2.24, 2.45) is 0 Å². The first kappa shape index (κ1) is 25.3. The van der Waals surface area contributed by atoms with E-state index < -0.39 is 9.85 Å². The number of hydrogen-bond donors (Lipinski definition) is 0. The van der Waals surface area contributed by atoms with Gasteiger partial charge in [0.1, 0.15) is 0 Å². The molecule has 4 aromatic carbocycles. The normalized spacial score (nSPS) is 10.9. The molecule has 11 heteroatoms. The third kappa shape index (κ3) is 5.24. The number of hydrogen-bond acceptors (Lipinski definition) is 5. The molecule has 0 N–H and O–H groups in total. The lowest BCUT2D eigenvalue weighted by molar-refractivity contribution is -0.385. The number of nitro benzene ring substituents is 2. The highest BCUT2D eigenvalue weighted by Gasteiger charge is 2.18. The Hall–Kier alpha value is -2.81. The molecule has 0 aliphatic rings. The Morgan fingerprint density at radius 3 is 1.31 bits per heavy atom. The van der Waals surface area contributed by atoms with Crippen molar-refractivity contribution in [1.82, 2.24) is 0 Å². The highest BCUT2D eigenvalue weighted by atomic mass is 35.5. The summed E-state index contributed by atoms with van der Waals surface area (Å²) in [5.41, 5.74) is 2.11. The molecule has 0 unspecified atom stereocenters. The molecule has 0 fully saturated rings. The van der Waals surface area contributed by atoms with E-state index in [-0.39, 0.29) is 21.4 Å². The lowest BCUT2D eigenvalue weighted by Crippen LogP contribution is -1.90. The van der Waals surface area contributed by atoms with Crippen molar-refractivity contribution in [2.45, 2.75) is 9.79 Å². The van der Waals surface area contributed by atoms with Gasteiger partial charge in [-0.25, -0.2) is 0 Å². The van der Waals surface area contributed by atoms with E-state index in [4.69, 9.17) is 46.4 Å². The van der Waals surface area contributed by atoms with Gasteiger partial charge in [0.25, 0.3) is 11.4 Å². The summed E-state index contributed by atoms with van der Waals surface area (Å²) in [6.07, 6.45) is 0. The summed E-state index contributed by atoms with van der Waals surface area (Å²) >= 11 is 27.3. The summed E-state index contributed by atoms with van der Waals surface area (Å²) < 4.78 is 0. The van der Waals surface area contributed by atoms with Gasteiger partial charge < -0.3 is 0 Å². The first-order chi connectivity index (χ1) is 16.7. The smallest absolute Gasteiger partial charge is 0.258 e. The summed E-state index contributed by atoms with van der Waals surface area (Å²) in [5.74, 6) is 0. The summed E-state index contributed by atoms with van der Waals surface area (Å²) in [5, 5.41) is 23.3. The number of nitro groups is 2. The van der Waals surface area contributed by atoms with E-state index in [0.29, 0.717) is 42.1 Å². The third-order valence-electron chi connectivity index (χ3n) is 5.05. The van der Waals surface area contributed by atoms with Crippen LogP contribution in [-0.2, 0) is 0 Å². The van der Waals surface area contributed by atoms with Crippen LogP contribution in [0.15, 0.2) is 82.6 Å². The third-order valence-corrected chi connectivity index (χ3v) is 7.84. The lowest BCUT2D eigenvalue weighted by Gasteiger charge is -2.14. The average Bonchev–Trinajstić information content (AvgIpc) is 2.82. The average molecular weight is 566 g/mol. The molecular formula is C24H12Cl4N2O4S. The van der Waals surface area contributed by atoms with Crippen LogP contribution in [0.2, 0.25) is 20.1 Å². The Bertz CT molecular complexity index is 1390. The number of non-ortho nitro benzene ring substituents is 2. The molecule has 0 amide bonds. The Balaban J connectivity index is 1.71. The van der Waals surface area contributed by atoms with Crippen LogP contribution in [0.5, 0.6) is 0 Å². The number of nitrogens with zero attached hydrogens (tertiary/aromatic N) is 2. The van der Waals surface area contributed by atoms with Crippen LogP contribution < -0.4 is 0 Å². The van der Waals surface area contributed by atoms with Crippen LogP contribution in [0, 0.1) is 20.2 Å². The Morgan fingerprint density at radius 2 is 0.971 bits per heavy atom. The van der Waals surface area contributed by atoms with Crippen LogP contribution >= 0.6 is 58.2 Å². The van der Waals surface area contributed by atoms with E-state index in [1.165, 1.54) is 36.0 Å². The molecule has 0 saturated heterocycles. The molecule has 0 atom stereocenters. The predicted octanol–water partition coefficient (Wildman–Crippen LogP) is 9.60. The van der Waals surface area contributed by atoms with Gasteiger partial charge in [0, 0.05) is 56.3 Å². The van der Waals surface area contributed by atoms with Crippen molar-refractivity contribution in [3.63, 3.8) is 0 Å². The summed E-state index contributed by atoms with van der Waals surface area (Å²) in [4.78, 5) is 22.4. The van der Waals surface area contributed by atoms with Gasteiger partial charge in [0.2, 0.25) is 0 Å². The van der Waals surface area contributed by atoms with Crippen molar-refractivity contribution in [2.75, 3.05) is 0 Å². The van der Waals surface area contributed by atoms with Crippen molar-refractivity contribution < 1.29 is 9.85 Å². The fourth-order valence-corrected chi connectivity index (χ4v) is 5.56. The van der Waals surface area contributed by atoms with E-state index >= 15 is 0 Å². The lowest BCUT2D eigenvalue weighted by atomic mass is 10.1. The Kier molecular flexibility index (Phi) is 7.54. The van der Waals surface area contributed by atoms with Crippen LogP contribution in [0.1, 0.15) is 0 Å². The van der Waals surface area contributed by atoms with Gasteiger partial charge in [-0.15, -0.1) is 0 Å². The molecule has 0 bridgehead atoms. The van der Waals surface area contributed by atoms with Crippen LogP contribution in [0.25, 0.3) is 22.3 Å². The van der Waals surface area contributed by atoms with Crippen LogP contribution in [0.3, 0.4) is 0 Å². The van der Waals surface area contributed by atoms with Crippen molar-refractivity contribution >= 4 is 69.5 Å². The van der Waals surface area contributed by atoms with Crippen molar-refractivity contribution in [3.8, 4) is 22.3 Å². The second-order valence-corrected chi connectivity index (χ2v) is 9.83. The molecule has 4 aromatic rings. The van der Waals surface area contributed by atoms with Crippen molar-refractivity contribution in [1.29, 1.82) is 0 Å². The van der Waals surface area contributed by atoms with E-state index in [9.17, 15) is 20.2 Å². The van der Waals surface area contributed by atoms with E-state index in [1.807, 2.05) is 12.1 Å². The van der Waals surface area contributed by atoms with Gasteiger partial charge in [-0.2, -0.15) is 0 Å². The predicted molar refractivity (Wildman–Crippen MR) is 141 cm³/mol. The molecule has 0 radical (unpaired) electrons. The molecular weight excluding hydrogens is 554 g/mol. The van der Waals surface area contributed by atoms with Gasteiger partial charge in [0.15, 0.2) is 0 Å². The number of halogens is 4. The monoisotopic (exact) mass is 564 g/mol. The molecule has 6 nitrogen and oxygen atoms in total. The van der Waals surface area contributed by atoms with Gasteiger partial charge in [0.05, 0.1) is 29.9 Å². The molecule has 0 aliphatic carbocycles. The van der Waals surface area contributed by atoms with E-state index in [1.54, 1.807) is 36.4 Å². The topological polar surface area (TPSA) is 86.3 Å². The number of rotatable bonds is 6. The maximum Gasteiger partial charge on any atom is 0.270 e. The van der Waals surface area contributed by atoms with Gasteiger partial charge in [-0.1, -0.05) is 82.4 Å². The largest absolute Gasteiger partial charge is 0.270 e. The fourth-order valence-electron chi connectivity index (χ4n) is 3.39. The van der Waals surface area contributed by atoms with E-state index in [2.05, 4.69) is 0 Å². The highest BCUT2D eigenvalue weighted by Crippen LogP contribution is 2.46. The minimum absolute atomic E-state index is 0.117. The second-order valence-electron chi connectivity index (χ2n) is 7.18. The summed E-state index contributed by atoms with van der Waals surface area (Å²) in [7, 11) is 0. The first-order valence-electron chi connectivity index (χ1n) is 9.81. The molecule has 0 spiro atoms. The Labute approximate surface area is 223 Å². The quantitative estimate of drug-likeness (QED) is 0.171. The van der Waals surface area contributed by atoms with Crippen molar-refractivity contribution in [3.05, 3.63) is 113 Å². The second kappa shape index (κ2) is 10.4. The van der Waals surface area contributed by atoms with Gasteiger partial charge in [-0.3, -0.25) is 20.2 Å². The SMILES string of the molecule is O=[N+]([O-])c1ccc(-c2cccc(Sc3cccc(-c4ccc([N+](=O)[O-])cc4Cl)c3Cl)c2Cl)c(Cl)c1. The van der Waals surface area contributed by atoms with Gasteiger partial charge in [-0.05, 0) is 24.3 Å². The summed E-state index contributed by atoms with van der Waals surface area (Å²) in [6, 6.07) is 19.2. The Morgan fingerprint density at radius 1 is 0.571 bits per heavy atom. The summed E-state index contributed by atoms with van der Waals surface area (Å²) in [6.45, 7) is 0. The zero-order chi connectivity index (χ0) is 25.3. The maximum absolute atomic E-state index is 11.0. The standard InChI is InChI=1S/C24H12Cl4N2O4S/c25-19-11-13(29(31)32)7-9-15(19)17-3-1-5-21(23(17)27)35-22-6-2-4-18(24(22)28)16-10-8-14(30(33)34)12-20(16)26/h1-12H. The molecule has 0 heterocycles. The molecule has 176 valence electrons. The zero-order valence-electron chi connectivity index (χ0n) is 17.4.